The molecule has 5 nitrogen and oxygen atoms in total. The zero-order valence-electron chi connectivity index (χ0n) is 12.0. The van der Waals surface area contributed by atoms with Crippen molar-refractivity contribution in [2.75, 3.05) is 5.32 Å². The van der Waals surface area contributed by atoms with Crippen LogP contribution in [-0.2, 0) is 0 Å². The second-order valence-corrected chi connectivity index (χ2v) is 5.41. The van der Waals surface area contributed by atoms with Crippen LogP contribution >= 0.6 is 11.6 Å². The summed E-state index contributed by atoms with van der Waals surface area (Å²) in [6.45, 7) is 0. The molecule has 0 radical (unpaired) electrons. The van der Waals surface area contributed by atoms with E-state index in [-0.39, 0.29) is 0 Å². The molecule has 0 aliphatic heterocycles. The van der Waals surface area contributed by atoms with Crippen molar-refractivity contribution in [2.24, 2.45) is 0 Å². The van der Waals surface area contributed by atoms with Crippen molar-refractivity contribution >= 4 is 34.1 Å². The van der Waals surface area contributed by atoms with Gasteiger partial charge in [0.15, 0.2) is 5.82 Å². The molecule has 6 heteroatoms. The molecule has 3 heterocycles. The normalized spacial score (nSPS) is 10.8. The highest BCUT2D eigenvalue weighted by Gasteiger charge is 2.10. The summed E-state index contributed by atoms with van der Waals surface area (Å²) in [4.78, 5) is 8.61. The summed E-state index contributed by atoms with van der Waals surface area (Å²) in [6, 6.07) is 15.3. The molecule has 4 rings (SSSR count). The number of aromatic nitrogens is 4. The summed E-state index contributed by atoms with van der Waals surface area (Å²) in [5.41, 5.74) is 2.62. The zero-order valence-corrected chi connectivity index (χ0v) is 12.7. The average molecular weight is 322 g/mol. The molecule has 2 N–H and O–H groups in total. The van der Waals surface area contributed by atoms with E-state index in [0.29, 0.717) is 10.8 Å². The summed E-state index contributed by atoms with van der Waals surface area (Å²) < 4.78 is 0. The van der Waals surface area contributed by atoms with E-state index in [1.807, 2.05) is 48.5 Å². The number of hydrogen-bond donors (Lipinski definition) is 2. The number of nitrogens with one attached hydrogen (secondary N) is 2. The molecule has 0 aliphatic rings. The lowest BCUT2D eigenvalue weighted by atomic mass is 10.1. The average Bonchev–Trinajstić information content (AvgIpc) is 2.98. The van der Waals surface area contributed by atoms with Gasteiger partial charge in [0.05, 0.1) is 16.2 Å². The highest BCUT2D eigenvalue weighted by atomic mass is 35.5. The van der Waals surface area contributed by atoms with Gasteiger partial charge in [-0.05, 0) is 36.4 Å². The number of fused-ring (bicyclic) bond motifs is 1. The standard InChI is InChI=1S/C17H12ClN5/c18-13-4-3-9-20-16(13)11-6-7-14-12(10-11)17(23-22-14)21-15-5-1-2-8-19-15/h1-10H,(H2,19,21,22,23). The molecule has 0 spiro atoms. The fraction of sp³-hybridized carbons (Fsp3) is 0. The van der Waals surface area contributed by atoms with Crippen molar-refractivity contribution in [1.29, 1.82) is 0 Å². The predicted octanol–water partition coefficient (Wildman–Crippen LogP) is 4.42. The number of pyridine rings is 2. The van der Waals surface area contributed by atoms with E-state index in [0.717, 1.165) is 28.0 Å². The van der Waals surface area contributed by atoms with Crippen LogP contribution in [0.25, 0.3) is 22.2 Å². The van der Waals surface area contributed by atoms with Crippen LogP contribution in [0.2, 0.25) is 5.02 Å². The molecule has 0 amide bonds. The van der Waals surface area contributed by atoms with Gasteiger partial charge in [0.25, 0.3) is 0 Å². The topological polar surface area (TPSA) is 66.5 Å². The van der Waals surface area contributed by atoms with Crippen LogP contribution in [0.5, 0.6) is 0 Å². The van der Waals surface area contributed by atoms with Gasteiger partial charge < -0.3 is 5.32 Å². The van der Waals surface area contributed by atoms with Crippen molar-refractivity contribution < 1.29 is 0 Å². The molecule has 1 aromatic carbocycles. The number of aromatic amines is 1. The summed E-state index contributed by atoms with van der Waals surface area (Å²) in [5.74, 6) is 1.45. The molecule has 0 bridgehead atoms. The maximum atomic E-state index is 6.24. The predicted molar refractivity (Wildman–Crippen MR) is 91.9 cm³/mol. The number of rotatable bonds is 3. The van der Waals surface area contributed by atoms with Crippen molar-refractivity contribution in [1.82, 2.24) is 20.2 Å². The Morgan fingerprint density at radius 2 is 1.87 bits per heavy atom. The fourth-order valence-corrected chi connectivity index (χ4v) is 2.64. The Balaban J connectivity index is 1.79. The fourth-order valence-electron chi connectivity index (χ4n) is 2.41. The third-order valence-corrected chi connectivity index (χ3v) is 3.81. The van der Waals surface area contributed by atoms with E-state index in [1.165, 1.54) is 0 Å². The van der Waals surface area contributed by atoms with Crippen LogP contribution in [0.3, 0.4) is 0 Å². The van der Waals surface area contributed by atoms with Gasteiger partial charge in [-0.1, -0.05) is 23.7 Å². The van der Waals surface area contributed by atoms with E-state index >= 15 is 0 Å². The SMILES string of the molecule is Clc1cccnc1-c1ccc2[nH]nc(Nc3ccccn3)c2c1. The molecule has 0 unspecified atom stereocenters. The first-order valence-electron chi connectivity index (χ1n) is 7.08. The van der Waals surface area contributed by atoms with Crippen molar-refractivity contribution in [3.63, 3.8) is 0 Å². The van der Waals surface area contributed by atoms with Gasteiger partial charge in [0, 0.05) is 23.3 Å². The Bertz CT molecular complexity index is 965. The van der Waals surface area contributed by atoms with Gasteiger partial charge in [-0.15, -0.1) is 0 Å². The molecule has 0 saturated carbocycles. The molecular formula is C17H12ClN5. The van der Waals surface area contributed by atoms with Gasteiger partial charge in [-0.2, -0.15) is 5.10 Å². The summed E-state index contributed by atoms with van der Waals surface area (Å²) in [6.07, 6.45) is 3.46. The number of anilines is 2. The number of halogens is 1. The van der Waals surface area contributed by atoms with E-state index in [4.69, 9.17) is 11.6 Å². The van der Waals surface area contributed by atoms with E-state index < -0.39 is 0 Å². The molecule has 4 aromatic rings. The van der Waals surface area contributed by atoms with Gasteiger partial charge in [0.2, 0.25) is 0 Å². The Kier molecular flexibility index (Phi) is 3.40. The highest BCUT2D eigenvalue weighted by Crippen LogP contribution is 2.30. The first-order valence-corrected chi connectivity index (χ1v) is 7.46. The molecule has 112 valence electrons. The van der Waals surface area contributed by atoms with E-state index in [1.54, 1.807) is 12.4 Å². The first-order chi connectivity index (χ1) is 11.3. The Labute approximate surface area is 137 Å². The molecule has 0 aliphatic carbocycles. The summed E-state index contributed by atoms with van der Waals surface area (Å²) in [5, 5.41) is 12.1. The van der Waals surface area contributed by atoms with E-state index in [9.17, 15) is 0 Å². The number of H-pyrrole nitrogens is 1. The second kappa shape index (κ2) is 5.70. The first kappa shape index (κ1) is 13.7. The van der Waals surface area contributed by atoms with Crippen LogP contribution < -0.4 is 5.32 Å². The monoisotopic (exact) mass is 321 g/mol. The van der Waals surface area contributed by atoms with Crippen molar-refractivity contribution in [3.8, 4) is 11.3 Å². The van der Waals surface area contributed by atoms with Crippen LogP contribution in [0.4, 0.5) is 11.6 Å². The number of benzene rings is 1. The van der Waals surface area contributed by atoms with Gasteiger partial charge in [0.1, 0.15) is 5.82 Å². The number of nitrogens with zero attached hydrogens (tertiary/aromatic N) is 3. The minimum absolute atomic E-state index is 0.620. The minimum atomic E-state index is 0.620. The second-order valence-electron chi connectivity index (χ2n) is 5.01. The largest absolute Gasteiger partial charge is 0.323 e. The number of hydrogen-bond acceptors (Lipinski definition) is 4. The smallest absolute Gasteiger partial charge is 0.161 e. The molecule has 0 fully saturated rings. The maximum Gasteiger partial charge on any atom is 0.161 e. The Morgan fingerprint density at radius 1 is 0.957 bits per heavy atom. The third-order valence-electron chi connectivity index (χ3n) is 3.51. The minimum Gasteiger partial charge on any atom is -0.323 e. The molecular weight excluding hydrogens is 310 g/mol. The van der Waals surface area contributed by atoms with Crippen LogP contribution in [-0.4, -0.2) is 20.2 Å². The molecule has 0 saturated heterocycles. The lowest BCUT2D eigenvalue weighted by Crippen LogP contribution is -1.93. The zero-order chi connectivity index (χ0) is 15.6. The van der Waals surface area contributed by atoms with Crippen LogP contribution in [0.1, 0.15) is 0 Å². The lowest BCUT2D eigenvalue weighted by Gasteiger charge is -2.05. The summed E-state index contributed by atoms with van der Waals surface area (Å²) in [7, 11) is 0. The molecule has 0 atom stereocenters. The Morgan fingerprint density at radius 3 is 2.70 bits per heavy atom. The van der Waals surface area contributed by atoms with Gasteiger partial charge in [-0.25, -0.2) is 4.98 Å². The van der Waals surface area contributed by atoms with E-state index in [2.05, 4.69) is 25.5 Å². The quantitative estimate of drug-likeness (QED) is 0.586. The maximum absolute atomic E-state index is 6.24. The molecule has 23 heavy (non-hydrogen) atoms. The molecule has 3 aromatic heterocycles. The van der Waals surface area contributed by atoms with Crippen molar-refractivity contribution in [2.45, 2.75) is 0 Å². The van der Waals surface area contributed by atoms with Crippen molar-refractivity contribution in [3.05, 3.63) is 65.9 Å². The lowest BCUT2D eigenvalue weighted by molar-refractivity contribution is 1.11. The Hall–Kier alpha value is -2.92. The van der Waals surface area contributed by atoms with Crippen LogP contribution in [0.15, 0.2) is 60.9 Å². The summed E-state index contributed by atoms with van der Waals surface area (Å²) >= 11 is 6.24. The third kappa shape index (κ3) is 2.62. The van der Waals surface area contributed by atoms with Crippen LogP contribution in [0, 0.1) is 0 Å². The van der Waals surface area contributed by atoms with Gasteiger partial charge >= 0.3 is 0 Å². The van der Waals surface area contributed by atoms with Gasteiger partial charge in [-0.3, -0.25) is 10.1 Å². The highest BCUT2D eigenvalue weighted by molar-refractivity contribution is 6.33.